The molecular weight excluding hydrogens is 630 g/mol. The Bertz CT molecular complexity index is 1810. The first-order valence-electron chi connectivity index (χ1n) is 16.1. The third-order valence-corrected chi connectivity index (χ3v) is 10.9. The quantitative estimate of drug-likeness (QED) is 0.173. The smallest absolute Gasteiger partial charge is 0.264 e. The number of hydrogen-bond donors (Lipinski definition) is 1. The van der Waals surface area contributed by atoms with Crippen molar-refractivity contribution in [3.05, 3.63) is 130 Å². The van der Waals surface area contributed by atoms with E-state index in [1.165, 1.54) is 12.1 Å². The van der Waals surface area contributed by atoms with E-state index >= 15 is 0 Å². The van der Waals surface area contributed by atoms with Crippen LogP contribution in [0.1, 0.15) is 53.5 Å². The van der Waals surface area contributed by atoms with E-state index in [1.807, 2.05) is 75.4 Å². The van der Waals surface area contributed by atoms with Crippen LogP contribution in [0.5, 0.6) is 0 Å². The molecule has 4 aromatic carbocycles. The highest BCUT2D eigenvalue weighted by Gasteiger charge is 2.35. The van der Waals surface area contributed by atoms with Crippen LogP contribution in [0.25, 0.3) is 0 Å². The largest absolute Gasteiger partial charge is 0.352 e. The Hall–Kier alpha value is -4.14. The second kappa shape index (κ2) is 15.2. The number of carbonyl (C=O) groups excluding carboxylic acids is 2. The van der Waals surface area contributed by atoms with Gasteiger partial charge in [-0.15, -0.1) is 0 Å². The summed E-state index contributed by atoms with van der Waals surface area (Å²) in [6, 6.07) is 28.0. The van der Waals surface area contributed by atoms with Gasteiger partial charge in [-0.25, -0.2) is 8.42 Å². The molecule has 1 aliphatic rings. The highest BCUT2D eigenvalue weighted by atomic mass is 35.5. The van der Waals surface area contributed by atoms with Crippen LogP contribution in [0.2, 0.25) is 5.02 Å². The third-order valence-electron chi connectivity index (χ3n) is 8.74. The molecule has 9 heteroatoms. The fourth-order valence-corrected chi connectivity index (χ4v) is 7.61. The lowest BCUT2D eigenvalue weighted by molar-refractivity contribution is -0.140. The van der Waals surface area contributed by atoms with Gasteiger partial charge in [-0.05, 0) is 74.6 Å². The SMILES string of the molecule is Cc1ccc(S(=O)(=O)N(CC(=O)N(Cc2cccc(C)c2)[C@@H](Cc2ccccc2)C(=O)NC2CCCC2)c2ccc(C)c(Cl)c2)cc1. The molecule has 0 aliphatic heterocycles. The van der Waals surface area contributed by atoms with Gasteiger partial charge in [0.15, 0.2) is 0 Å². The van der Waals surface area contributed by atoms with Gasteiger partial charge in [0, 0.05) is 24.0 Å². The number of sulfonamides is 1. The zero-order valence-corrected chi connectivity index (χ0v) is 28.7. The summed E-state index contributed by atoms with van der Waals surface area (Å²) in [4.78, 5) is 30.4. The Labute approximate surface area is 283 Å². The minimum atomic E-state index is -4.21. The van der Waals surface area contributed by atoms with Crippen LogP contribution in [0.3, 0.4) is 0 Å². The van der Waals surface area contributed by atoms with E-state index in [0.29, 0.717) is 5.02 Å². The summed E-state index contributed by atoms with van der Waals surface area (Å²) >= 11 is 6.49. The van der Waals surface area contributed by atoms with E-state index in [1.54, 1.807) is 35.2 Å². The summed E-state index contributed by atoms with van der Waals surface area (Å²) in [5.41, 5.74) is 4.71. The van der Waals surface area contributed by atoms with Crippen LogP contribution in [-0.2, 0) is 32.6 Å². The zero-order chi connectivity index (χ0) is 33.6. The van der Waals surface area contributed by atoms with E-state index in [4.69, 9.17) is 11.6 Å². The lowest BCUT2D eigenvalue weighted by Crippen LogP contribution is -2.54. The number of amides is 2. The Morgan fingerprint density at radius 2 is 1.51 bits per heavy atom. The Morgan fingerprint density at radius 1 is 0.830 bits per heavy atom. The maximum Gasteiger partial charge on any atom is 0.264 e. The van der Waals surface area contributed by atoms with Gasteiger partial charge < -0.3 is 10.2 Å². The summed E-state index contributed by atoms with van der Waals surface area (Å²) in [5.74, 6) is -0.741. The molecule has 1 saturated carbocycles. The van der Waals surface area contributed by atoms with Crippen LogP contribution in [-0.4, -0.2) is 43.8 Å². The molecule has 1 aliphatic carbocycles. The Morgan fingerprint density at radius 3 is 2.17 bits per heavy atom. The van der Waals surface area contributed by atoms with Crippen molar-refractivity contribution in [2.75, 3.05) is 10.8 Å². The molecule has 4 aromatic rings. The van der Waals surface area contributed by atoms with Gasteiger partial charge in [-0.1, -0.05) is 108 Å². The third kappa shape index (κ3) is 8.62. The number of nitrogens with one attached hydrogen (secondary N) is 1. The second-order valence-corrected chi connectivity index (χ2v) is 14.7. The first kappa shape index (κ1) is 34.2. The van der Waals surface area contributed by atoms with Crippen LogP contribution >= 0.6 is 11.6 Å². The fraction of sp³-hybridized carbons (Fsp3) is 0.316. The molecule has 0 bridgehead atoms. The minimum absolute atomic E-state index is 0.0461. The number of anilines is 1. The number of carbonyl (C=O) groups is 2. The van der Waals surface area contributed by atoms with Crippen molar-refractivity contribution in [2.45, 2.75) is 76.4 Å². The van der Waals surface area contributed by atoms with Crippen molar-refractivity contribution < 1.29 is 18.0 Å². The number of rotatable bonds is 12. The summed E-state index contributed by atoms with van der Waals surface area (Å²) < 4.78 is 29.6. The van der Waals surface area contributed by atoms with Gasteiger partial charge in [0.2, 0.25) is 11.8 Å². The lowest BCUT2D eigenvalue weighted by Gasteiger charge is -2.34. The topological polar surface area (TPSA) is 86.8 Å². The molecular formula is C38H42ClN3O4S. The average Bonchev–Trinajstić information content (AvgIpc) is 3.56. The first-order valence-corrected chi connectivity index (χ1v) is 17.9. The van der Waals surface area contributed by atoms with Crippen LogP contribution < -0.4 is 9.62 Å². The van der Waals surface area contributed by atoms with Crippen molar-refractivity contribution in [1.29, 1.82) is 0 Å². The molecule has 1 N–H and O–H groups in total. The number of benzene rings is 4. The van der Waals surface area contributed by atoms with E-state index < -0.39 is 28.5 Å². The maximum absolute atomic E-state index is 14.7. The van der Waals surface area contributed by atoms with Gasteiger partial charge in [-0.2, -0.15) is 0 Å². The fourth-order valence-electron chi connectivity index (χ4n) is 6.03. The van der Waals surface area contributed by atoms with Gasteiger partial charge in [0.25, 0.3) is 10.0 Å². The van der Waals surface area contributed by atoms with Crippen molar-refractivity contribution in [2.24, 2.45) is 0 Å². The molecule has 2 amide bonds. The minimum Gasteiger partial charge on any atom is -0.352 e. The molecule has 1 fully saturated rings. The number of aryl methyl sites for hydroxylation is 3. The Kier molecular flexibility index (Phi) is 11.0. The summed E-state index contributed by atoms with van der Waals surface area (Å²) in [6.45, 7) is 5.29. The molecule has 0 unspecified atom stereocenters. The Balaban J connectivity index is 1.58. The van der Waals surface area contributed by atoms with E-state index in [2.05, 4.69) is 5.32 Å². The van der Waals surface area contributed by atoms with Gasteiger partial charge >= 0.3 is 0 Å². The molecule has 0 aromatic heterocycles. The van der Waals surface area contributed by atoms with Crippen molar-refractivity contribution >= 4 is 39.1 Å². The summed E-state index contributed by atoms with van der Waals surface area (Å²) in [6.07, 6.45) is 4.16. The number of nitrogens with zero attached hydrogens (tertiary/aromatic N) is 2. The summed E-state index contributed by atoms with van der Waals surface area (Å²) in [7, 11) is -4.21. The molecule has 1 atom stereocenters. The van der Waals surface area contributed by atoms with Crippen molar-refractivity contribution in [1.82, 2.24) is 10.2 Å². The van der Waals surface area contributed by atoms with E-state index in [9.17, 15) is 18.0 Å². The van der Waals surface area contributed by atoms with E-state index in [-0.39, 0.29) is 35.5 Å². The predicted molar refractivity (Wildman–Crippen MR) is 188 cm³/mol. The molecule has 0 heterocycles. The predicted octanol–water partition coefficient (Wildman–Crippen LogP) is 7.16. The number of halogens is 1. The molecule has 5 rings (SSSR count). The molecule has 47 heavy (non-hydrogen) atoms. The normalized spacial score (nSPS) is 14.0. The molecule has 0 saturated heterocycles. The lowest BCUT2D eigenvalue weighted by atomic mass is 10.0. The molecule has 0 spiro atoms. The van der Waals surface area contributed by atoms with Crippen LogP contribution in [0.15, 0.2) is 102 Å². The van der Waals surface area contributed by atoms with Crippen LogP contribution in [0, 0.1) is 20.8 Å². The highest BCUT2D eigenvalue weighted by molar-refractivity contribution is 7.92. The zero-order valence-electron chi connectivity index (χ0n) is 27.2. The monoisotopic (exact) mass is 671 g/mol. The highest BCUT2D eigenvalue weighted by Crippen LogP contribution is 2.29. The average molecular weight is 672 g/mol. The van der Waals surface area contributed by atoms with E-state index in [0.717, 1.165) is 57.8 Å². The standard InChI is InChI=1S/C38H42ClN3O4S/c1-27-16-20-34(21-17-27)47(45,46)42(33-19-18-29(3)35(39)24-33)26-37(43)41(25-31-13-9-10-28(2)22-31)36(23-30-11-5-4-6-12-30)38(44)40-32-14-7-8-15-32/h4-6,9-13,16-22,24,32,36H,7-8,14-15,23,25-26H2,1-3H3,(H,40,44)/t36-/m0/s1. The first-order chi connectivity index (χ1) is 22.5. The maximum atomic E-state index is 14.7. The molecule has 246 valence electrons. The molecule has 7 nitrogen and oxygen atoms in total. The van der Waals surface area contributed by atoms with Crippen LogP contribution in [0.4, 0.5) is 5.69 Å². The summed E-state index contributed by atoms with van der Waals surface area (Å²) in [5, 5.41) is 3.59. The van der Waals surface area contributed by atoms with Gasteiger partial charge in [0.05, 0.1) is 10.6 Å². The van der Waals surface area contributed by atoms with Crippen molar-refractivity contribution in [3.63, 3.8) is 0 Å². The van der Waals surface area contributed by atoms with Gasteiger partial charge in [-0.3, -0.25) is 13.9 Å². The van der Waals surface area contributed by atoms with Gasteiger partial charge in [0.1, 0.15) is 12.6 Å². The van der Waals surface area contributed by atoms with Crippen molar-refractivity contribution in [3.8, 4) is 0 Å². The number of hydrogen-bond acceptors (Lipinski definition) is 4. The second-order valence-electron chi connectivity index (χ2n) is 12.5. The molecule has 0 radical (unpaired) electrons.